The molecule has 138 valence electrons. The molecule has 1 aromatic rings. The fourth-order valence-corrected chi connectivity index (χ4v) is 5.37. The lowest BCUT2D eigenvalue weighted by Gasteiger charge is -2.34. The van der Waals surface area contributed by atoms with Crippen molar-refractivity contribution >= 4 is 11.7 Å². The predicted molar refractivity (Wildman–Crippen MR) is 100 cm³/mol. The molecule has 1 amide bonds. The lowest BCUT2D eigenvalue weighted by Crippen LogP contribution is -2.46. The van der Waals surface area contributed by atoms with Gasteiger partial charge in [0.25, 0.3) is 0 Å². The van der Waals surface area contributed by atoms with Crippen molar-refractivity contribution in [3.05, 3.63) is 23.9 Å². The van der Waals surface area contributed by atoms with Gasteiger partial charge < -0.3 is 10.2 Å². The van der Waals surface area contributed by atoms with E-state index >= 15 is 0 Å². The Morgan fingerprint density at radius 1 is 1.27 bits per heavy atom. The minimum atomic E-state index is 0.116. The van der Waals surface area contributed by atoms with Gasteiger partial charge in [-0.15, -0.1) is 0 Å². The summed E-state index contributed by atoms with van der Waals surface area (Å²) in [6.45, 7) is 3.90. The quantitative estimate of drug-likeness (QED) is 0.904. The zero-order valence-corrected chi connectivity index (χ0v) is 15.5. The predicted octanol–water partition coefficient (Wildman–Crippen LogP) is 3.11. The SMILES string of the molecule is C[C@@H](NC(=O)C1CCN(c2ccc(C#N)cn2)CC1)[C@@H]1C[C@H]2CC[C@H]1C2. The van der Waals surface area contributed by atoms with Crippen molar-refractivity contribution in [2.45, 2.75) is 51.5 Å². The van der Waals surface area contributed by atoms with E-state index in [1.165, 1.54) is 25.7 Å². The standard InChI is InChI=1S/C21H28N4O/c1-14(19-11-15-2-4-18(19)10-15)24-21(26)17-6-8-25(9-7-17)20-5-3-16(12-22)13-23-20/h3,5,13-15,17-19H,2,4,6-11H2,1H3,(H,24,26)/t14-,15+,18+,19+/m1/s1. The van der Waals surface area contributed by atoms with Crippen molar-refractivity contribution in [2.75, 3.05) is 18.0 Å². The number of pyridine rings is 1. The Morgan fingerprint density at radius 3 is 2.65 bits per heavy atom. The van der Waals surface area contributed by atoms with Gasteiger partial charge in [0, 0.05) is 31.2 Å². The van der Waals surface area contributed by atoms with Crippen molar-refractivity contribution in [1.82, 2.24) is 10.3 Å². The highest BCUT2D eigenvalue weighted by Gasteiger charge is 2.42. The summed E-state index contributed by atoms with van der Waals surface area (Å²) in [5.41, 5.74) is 0.581. The fourth-order valence-electron chi connectivity index (χ4n) is 5.37. The topological polar surface area (TPSA) is 69.0 Å². The van der Waals surface area contributed by atoms with Crippen LogP contribution in [0.4, 0.5) is 5.82 Å². The van der Waals surface area contributed by atoms with Crippen LogP contribution in [0.5, 0.6) is 0 Å². The number of piperidine rings is 1. The minimum Gasteiger partial charge on any atom is -0.357 e. The monoisotopic (exact) mass is 352 g/mol. The third kappa shape index (κ3) is 3.42. The Labute approximate surface area is 155 Å². The molecule has 0 unspecified atom stereocenters. The molecule has 0 spiro atoms. The summed E-state index contributed by atoms with van der Waals surface area (Å²) < 4.78 is 0. The highest BCUT2D eigenvalue weighted by atomic mass is 16.1. The Balaban J connectivity index is 1.27. The molecule has 4 rings (SSSR count). The van der Waals surface area contributed by atoms with Crippen LogP contribution in [0.25, 0.3) is 0 Å². The van der Waals surface area contributed by atoms with Crippen molar-refractivity contribution < 1.29 is 4.79 Å². The number of rotatable bonds is 4. The van der Waals surface area contributed by atoms with E-state index in [4.69, 9.17) is 5.26 Å². The van der Waals surface area contributed by atoms with E-state index in [2.05, 4.69) is 28.2 Å². The zero-order chi connectivity index (χ0) is 18.1. The maximum absolute atomic E-state index is 12.7. The smallest absolute Gasteiger partial charge is 0.223 e. The molecule has 1 N–H and O–H groups in total. The molecule has 26 heavy (non-hydrogen) atoms. The molecule has 1 aliphatic heterocycles. The number of nitriles is 1. The highest BCUT2D eigenvalue weighted by molar-refractivity contribution is 5.79. The first-order valence-electron chi connectivity index (χ1n) is 10.1. The van der Waals surface area contributed by atoms with Gasteiger partial charge in [-0.05, 0) is 68.9 Å². The number of hydrogen-bond acceptors (Lipinski definition) is 4. The third-order valence-electron chi connectivity index (χ3n) is 6.87. The van der Waals surface area contributed by atoms with Gasteiger partial charge in [0.1, 0.15) is 11.9 Å². The highest BCUT2D eigenvalue weighted by Crippen LogP contribution is 2.49. The molecule has 0 aromatic carbocycles. The second-order valence-electron chi connectivity index (χ2n) is 8.41. The van der Waals surface area contributed by atoms with Gasteiger partial charge in [-0.3, -0.25) is 4.79 Å². The average molecular weight is 352 g/mol. The molecule has 2 saturated carbocycles. The molecule has 5 nitrogen and oxygen atoms in total. The summed E-state index contributed by atoms with van der Waals surface area (Å²) in [5, 5.41) is 12.2. The van der Waals surface area contributed by atoms with E-state index in [-0.39, 0.29) is 11.8 Å². The second kappa shape index (κ2) is 7.26. The van der Waals surface area contributed by atoms with Gasteiger partial charge in [0.05, 0.1) is 5.56 Å². The molecule has 1 saturated heterocycles. The molecule has 4 atom stereocenters. The summed E-state index contributed by atoms with van der Waals surface area (Å²) in [4.78, 5) is 19.3. The van der Waals surface area contributed by atoms with Gasteiger partial charge in [0.2, 0.25) is 5.91 Å². The van der Waals surface area contributed by atoms with Crippen LogP contribution in [0, 0.1) is 35.0 Å². The Morgan fingerprint density at radius 2 is 2.08 bits per heavy atom. The van der Waals surface area contributed by atoms with E-state index < -0.39 is 0 Å². The number of anilines is 1. The number of nitrogens with zero attached hydrogens (tertiary/aromatic N) is 3. The number of hydrogen-bond donors (Lipinski definition) is 1. The van der Waals surface area contributed by atoms with Gasteiger partial charge in [0.15, 0.2) is 0 Å². The number of carbonyl (C=O) groups excluding carboxylic acids is 1. The van der Waals surface area contributed by atoms with Gasteiger partial charge in [-0.1, -0.05) is 6.42 Å². The molecular formula is C21H28N4O. The maximum atomic E-state index is 12.7. The van der Waals surface area contributed by atoms with E-state index in [1.807, 2.05) is 6.07 Å². The zero-order valence-electron chi connectivity index (χ0n) is 15.5. The summed E-state index contributed by atoms with van der Waals surface area (Å²) in [7, 11) is 0. The average Bonchev–Trinajstić information content (AvgIpc) is 3.32. The summed E-state index contributed by atoms with van der Waals surface area (Å²) >= 11 is 0. The van der Waals surface area contributed by atoms with Crippen LogP contribution in [-0.2, 0) is 4.79 Å². The van der Waals surface area contributed by atoms with Crippen molar-refractivity contribution in [3.8, 4) is 6.07 Å². The van der Waals surface area contributed by atoms with Crippen LogP contribution >= 0.6 is 0 Å². The van der Waals surface area contributed by atoms with Crippen molar-refractivity contribution in [1.29, 1.82) is 5.26 Å². The second-order valence-corrected chi connectivity index (χ2v) is 8.41. The van der Waals surface area contributed by atoms with Gasteiger partial charge >= 0.3 is 0 Å². The van der Waals surface area contributed by atoms with Gasteiger partial charge in [-0.25, -0.2) is 4.98 Å². The lowest BCUT2D eigenvalue weighted by molar-refractivity contribution is -0.126. The number of fused-ring (bicyclic) bond motifs is 2. The first-order valence-corrected chi connectivity index (χ1v) is 10.1. The van der Waals surface area contributed by atoms with E-state index in [0.717, 1.165) is 43.6 Å². The normalized spacial score (nSPS) is 29.4. The van der Waals surface area contributed by atoms with Crippen LogP contribution in [0.15, 0.2) is 18.3 Å². The Bertz CT molecular complexity index is 687. The number of nitrogens with one attached hydrogen (secondary N) is 1. The molecule has 2 aliphatic carbocycles. The Hall–Kier alpha value is -2.09. The lowest BCUT2D eigenvalue weighted by atomic mass is 9.83. The largest absolute Gasteiger partial charge is 0.357 e. The molecular weight excluding hydrogens is 324 g/mol. The maximum Gasteiger partial charge on any atom is 0.223 e. The van der Waals surface area contributed by atoms with Crippen LogP contribution in [0.1, 0.15) is 51.0 Å². The summed E-state index contributed by atoms with van der Waals surface area (Å²) in [6, 6.07) is 6.11. The molecule has 3 aliphatic rings. The molecule has 2 heterocycles. The van der Waals surface area contributed by atoms with Crippen molar-refractivity contribution in [2.24, 2.45) is 23.7 Å². The van der Waals surface area contributed by atoms with Crippen LogP contribution in [0.2, 0.25) is 0 Å². The summed E-state index contributed by atoms with van der Waals surface area (Å²) in [5.74, 6) is 3.73. The fraction of sp³-hybridized carbons (Fsp3) is 0.667. The third-order valence-corrected chi connectivity index (χ3v) is 6.87. The number of aromatic nitrogens is 1. The molecule has 3 fully saturated rings. The minimum absolute atomic E-state index is 0.116. The number of amides is 1. The van der Waals surface area contributed by atoms with E-state index in [0.29, 0.717) is 17.5 Å². The first-order chi connectivity index (χ1) is 12.6. The Kier molecular flexibility index (Phi) is 4.84. The van der Waals surface area contributed by atoms with Crippen LogP contribution in [-0.4, -0.2) is 30.0 Å². The summed E-state index contributed by atoms with van der Waals surface area (Å²) in [6.07, 6.45) is 8.84. The number of carbonyl (C=O) groups is 1. The first kappa shape index (κ1) is 17.3. The van der Waals surface area contributed by atoms with E-state index in [9.17, 15) is 4.79 Å². The van der Waals surface area contributed by atoms with Gasteiger partial charge in [-0.2, -0.15) is 5.26 Å². The van der Waals surface area contributed by atoms with Crippen molar-refractivity contribution in [3.63, 3.8) is 0 Å². The molecule has 2 bridgehead atoms. The molecule has 5 heteroatoms. The molecule has 1 aromatic heterocycles. The van der Waals surface area contributed by atoms with E-state index in [1.54, 1.807) is 12.3 Å². The molecule has 0 radical (unpaired) electrons. The van der Waals surface area contributed by atoms with Crippen LogP contribution < -0.4 is 10.2 Å². The van der Waals surface area contributed by atoms with Crippen LogP contribution in [0.3, 0.4) is 0 Å².